The van der Waals surface area contributed by atoms with Crippen LogP contribution in [0.2, 0.25) is 0 Å². The monoisotopic (exact) mass is 423 g/mol. The van der Waals surface area contributed by atoms with Gasteiger partial charge in [0, 0.05) is 33.2 Å². The molecule has 0 spiro atoms. The summed E-state index contributed by atoms with van der Waals surface area (Å²) in [7, 11) is 2.14. The first-order valence-electron chi connectivity index (χ1n) is 11.3. The van der Waals surface area contributed by atoms with Gasteiger partial charge in [-0.2, -0.15) is 0 Å². The molecule has 0 aliphatic heterocycles. The average Bonchev–Trinajstić information content (AvgIpc) is 3.12. The molecule has 0 saturated heterocycles. The van der Waals surface area contributed by atoms with Gasteiger partial charge in [-0.3, -0.25) is 0 Å². The topological polar surface area (TPSA) is 3.88 Å². The smallest absolute Gasteiger partial charge is 0.200 e. The van der Waals surface area contributed by atoms with Gasteiger partial charge in [0.15, 0.2) is 6.20 Å². The SMILES string of the molecule is [2H]C(C)(C)c1ccc(-c2ccc(-c3c(C)ccc4c3sc3ccccc34)[n+](C)c2)cc1C. The van der Waals surface area contributed by atoms with E-state index in [1.54, 1.807) is 0 Å². The Kier molecular flexibility index (Phi) is 4.61. The fraction of sp³-hybridized carbons (Fsp3) is 0.207. The quantitative estimate of drug-likeness (QED) is 0.259. The largest absolute Gasteiger partial charge is 0.214 e. The third kappa shape index (κ3) is 3.36. The van der Waals surface area contributed by atoms with Crippen LogP contribution >= 0.6 is 11.3 Å². The molecule has 0 aliphatic rings. The van der Waals surface area contributed by atoms with E-state index in [-0.39, 0.29) is 0 Å². The minimum Gasteiger partial charge on any atom is -0.200 e. The van der Waals surface area contributed by atoms with Crippen LogP contribution in [0.4, 0.5) is 0 Å². The first-order chi connectivity index (χ1) is 15.2. The Morgan fingerprint density at radius 3 is 2.35 bits per heavy atom. The van der Waals surface area contributed by atoms with Crippen LogP contribution in [0.15, 0.2) is 72.9 Å². The molecule has 1 nitrogen and oxygen atoms in total. The van der Waals surface area contributed by atoms with E-state index in [0.717, 1.165) is 5.56 Å². The van der Waals surface area contributed by atoms with Crippen LogP contribution in [0, 0.1) is 13.8 Å². The van der Waals surface area contributed by atoms with Crippen molar-refractivity contribution in [3.8, 4) is 22.4 Å². The highest BCUT2D eigenvalue weighted by Gasteiger charge is 2.19. The van der Waals surface area contributed by atoms with Crippen LogP contribution in [0.1, 0.15) is 37.8 Å². The molecule has 0 radical (unpaired) electrons. The molecule has 2 heteroatoms. The molecule has 0 N–H and O–H groups in total. The van der Waals surface area contributed by atoms with Crippen molar-refractivity contribution < 1.29 is 5.94 Å². The molecule has 0 aliphatic carbocycles. The van der Waals surface area contributed by atoms with Gasteiger partial charge in [-0.25, -0.2) is 4.57 Å². The number of benzene rings is 3. The second kappa shape index (κ2) is 7.62. The van der Waals surface area contributed by atoms with Crippen molar-refractivity contribution in [1.29, 1.82) is 0 Å². The van der Waals surface area contributed by atoms with Gasteiger partial charge >= 0.3 is 0 Å². The predicted molar refractivity (Wildman–Crippen MR) is 135 cm³/mol. The lowest BCUT2D eigenvalue weighted by molar-refractivity contribution is -0.659. The lowest BCUT2D eigenvalue weighted by Crippen LogP contribution is -2.30. The van der Waals surface area contributed by atoms with Crippen molar-refractivity contribution in [2.24, 2.45) is 7.05 Å². The average molecular weight is 424 g/mol. The molecule has 2 aromatic heterocycles. The molecule has 154 valence electrons. The Morgan fingerprint density at radius 2 is 1.61 bits per heavy atom. The highest BCUT2D eigenvalue weighted by Crippen LogP contribution is 2.40. The van der Waals surface area contributed by atoms with Gasteiger partial charge in [-0.1, -0.05) is 62.4 Å². The van der Waals surface area contributed by atoms with Crippen molar-refractivity contribution in [2.75, 3.05) is 0 Å². The van der Waals surface area contributed by atoms with Crippen LogP contribution in [0.25, 0.3) is 42.6 Å². The molecule has 3 aromatic carbocycles. The lowest BCUT2D eigenvalue weighted by atomic mass is 9.94. The molecule has 0 amide bonds. The molecule has 0 saturated carbocycles. The van der Waals surface area contributed by atoms with E-state index in [2.05, 4.69) is 98.4 Å². The van der Waals surface area contributed by atoms with Crippen molar-refractivity contribution in [1.82, 2.24) is 0 Å². The standard InChI is InChI=1S/C29H28NS/c1-18(2)23-14-11-21(16-20(23)4)22-12-15-26(30(5)17-22)28-19(3)10-13-25-24-8-6-7-9-27(24)31-29(25)28/h6-18H,1-5H3/q+1/i18D. The number of nitrogens with zero attached hydrogens (tertiary/aromatic N) is 1. The van der Waals surface area contributed by atoms with Gasteiger partial charge < -0.3 is 0 Å². The second-order valence-electron chi connectivity index (χ2n) is 8.68. The molecule has 2 heterocycles. The van der Waals surface area contributed by atoms with Crippen molar-refractivity contribution in [2.45, 2.75) is 33.6 Å². The summed E-state index contributed by atoms with van der Waals surface area (Å²) in [6.45, 7) is 8.20. The van der Waals surface area contributed by atoms with Crippen molar-refractivity contribution >= 4 is 31.5 Å². The van der Waals surface area contributed by atoms with E-state index in [1.807, 2.05) is 25.2 Å². The molecular weight excluding hydrogens is 394 g/mol. The van der Waals surface area contributed by atoms with E-state index < -0.39 is 5.89 Å². The summed E-state index contributed by atoms with van der Waals surface area (Å²) in [4.78, 5) is 0. The Morgan fingerprint density at radius 1 is 0.839 bits per heavy atom. The molecule has 31 heavy (non-hydrogen) atoms. The van der Waals surface area contributed by atoms with Crippen LogP contribution in [-0.4, -0.2) is 0 Å². The van der Waals surface area contributed by atoms with Gasteiger partial charge in [0.05, 0.1) is 5.56 Å². The molecular formula is C29H28NS+. The van der Waals surface area contributed by atoms with Crippen LogP contribution in [0.5, 0.6) is 0 Å². The Balaban J connectivity index is 1.64. The van der Waals surface area contributed by atoms with Crippen LogP contribution < -0.4 is 4.57 Å². The predicted octanol–water partition coefficient (Wildman–Crippen LogP) is 7.95. The second-order valence-corrected chi connectivity index (χ2v) is 9.73. The number of hydrogen-bond acceptors (Lipinski definition) is 1. The molecule has 5 rings (SSSR count). The van der Waals surface area contributed by atoms with Gasteiger partial charge in [0.25, 0.3) is 0 Å². The summed E-state index contributed by atoms with van der Waals surface area (Å²) in [5.41, 5.74) is 8.47. The lowest BCUT2D eigenvalue weighted by Gasteiger charge is -2.12. The Labute approximate surface area is 190 Å². The molecule has 0 atom stereocenters. The fourth-order valence-electron chi connectivity index (χ4n) is 4.65. The zero-order valence-corrected chi connectivity index (χ0v) is 19.6. The minimum absolute atomic E-state index is 0.586. The summed E-state index contributed by atoms with van der Waals surface area (Å²) in [5, 5.41) is 2.67. The van der Waals surface area contributed by atoms with E-state index in [4.69, 9.17) is 1.37 Å². The van der Waals surface area contributed by atoms with Gasteiger partial charge in [0.1, 0.15) is 7.05 Å². The number of aromatic nitrogens is 1. The van der Waals surface area contributed by atoms with Gasteiger partial charge in [-0.05, 0) is 54.1 Å². The number of rotatable bonds is 3. The summed E-state index contributed by atoms with van der Waals surface area (Å²) in [5.74, 6) is -0.586. The highest BCUT2D eigenvalue weighted by molar-refractivity contribution is 7.26. The van der Waals surface area contributed by atoms with Gasteiger partial charge in [0.2, 0.25) is 5.69 Å². The summed E-state index contributed by atoms with van der Waals surface area (Å²) < 4.78 is 13.3. The summed E-state index contributed by atoms with van der Waals surface area (Å²) >= 11 is 1.88. The minimum atomic E-state index is -0.586. The highest BCUT2D eigenvalue weighted by atomic mass is 32.1. The number of fused-ring (bicyclic) bond motifs is 3. The maximum Gasteiger partial charge on any atom is 0.214 e. The van der Waals surface area contributed by atoms with E-state index in [1.165, 1.54) is 53.7 Å². The maximum atomic E-state index is 8.37. The fourth-order valence-corrected chi connectivity index (χ4v) is 5.96. The first-order valence-corrected chi connectivity index (χ1v) is 11.6. The molecule has 0 fully saturated rings. The third-order valence-corrected chi connectivity index (χ3v) is 7.45. The third-order valence-electron chi connectivity index (χ3n) is 6.24. The molecule has 0 unspecified atom stereocenters. The molecule has 5 aromatic rings. The zero-order valence-electron chi connectivity index (χ0n) is 19.8. The van der Waals surface area contributed by atoms with Crippen LogP contribution in [-0.2, 0) is 7.05 Å². The number of aryl methyl sites for hydroxylation is 3. The summed E-state index contributed by atoms with van der Waals surface area (Å²) in [6, 6.07) is 24.1. The van der Waals surface area contributed by atoms with Gasteiger partial charge in [-0.15, -0.1) is 11.3 Å². The Hall–Kier alpha value is -2.97. The van der Waals surface area contributed by atoms with Crippen LogP contribution in [0.3, 0.4) is 0 Å². The molecule has 0 bridgehead atoms. The van der Waals surface area contributed by atoms with E-state index >= 15 is 0 Å². The zero-order chi connectivity index (χ0) is 22.6. The number of thiophene rings is 1. The first kappa shape index (κ1) is 18.8. The van der Waals surface area contributed by atoms with E-state index in [9.17, 15) is 0 Å². The maximum absolute atomic E-state index is 8.37. The van der Waals surface area contributed by atoms with Crippen molar-refractivity contribution in [3.05, 3.63) is 89.6 Å². The summed E-state index contributed by atoms with van der Waals surface area (Å²) in [6.07, 6.45) is 2.22. The van der Waals surface area contributed by atoms with Crippen molar-refractivity contribution in [3.63, 3.8) is 0 Å². The number of hydrogen-bond donors (Lipinski definition) is 0. The Bertz CT molecular complexity index is 1490. The number of pyridine rings is 1. The normalized spacial score (nSPS) is 12.5. The van der Waals surface area contributed by atoms with E-state index in [0.29, 0.717) is 0 Å².